The summed E-state index contributed by atoms with van der Waals surface area (Å²) in [5.74, 6) is 0. The van der Waals surface area contributed by atoms with E-state index in [1.54, 1.807) is 0 Å². The number of aryl methyl sites for hydroxylation is 1. The first-order valence-corrected chi connectivity index (χ1v) is 7.28. The molecule has 2 aromatic rings. The summed E-state index contributed by atoms with van der Waals surface area (Å²) in [6, 6.07) is 10.4. The van der Waals surface area contributed by atoms with Crippen LogP contribution in [0.25, 0.3) is 0 Å². The third-order valence-corrected chi connectivity index (χ3v) is 4.12. The first kappa shape index (κ1) is 12.7. The van der Waals surface area contributed by atoms with Crippen molar-refractivity contribution in [1.82, 2.24) is 10.3 Å². The molecule has 2 aromatic heterocycles. The summed E-state index contributed by atoms with van der Waals surface area (Å²) in [7, 11) is 0. The van der Waals surface area contributed by atoms with Gasteiger partial charge in [0.2, 0.25) is 0 Å². The first-order valence-electron chi connectivity index (χ1n) is 5.67. The van der Waals surface area contributed by atoms with Gasteiger partial charge in [0.25, 0.3) is 0 Å². The molecule has 0 aliphatic carbocycles. The Morgan fingerprint density at radius 1 is 1.18 bits per heavy atom. The lowest BCUT2D eigenvalue weighted by Gasteiger charge is -2.02. The minimum absolute atomic E-state index is 0.804. The van der Waals surface area contributed by atoms with E-state index in [-0.39, 0.29) is 0 Å². The molecular weight excluding hydrogens is 296 g/mol. The topological polar surface area (TPSA) is 24.9 Å². The Morgan fingerprint density at radius 3 is 2.71 bits per heavy atom. The number of nitrogens with zero attached hydrogens (tertiary/aromatic N) is 1. The number of aromatic nitrogens is 1. The fourth-order valence-corrected chi connectivity index (χ4v) is 2.88. The van der Waals surface area contributed by atoms with Gasteiger partial charge in [-0.25, -0.2) is 4.98 Å². The van der Waals surface area contributed by atoms with Gasteiger partial charge in [-0.05, 0) is 46.6 Å². The van der Waals surface area contributed by atoms with Gasteiger partial charge in [0.15, 0.2) is 0 Å². The Balaban J connectivity index is 1.83. The molecule has 0 spiro atoms. The molecule has 0 saturated heterocycles. The SMILES string of the molecule is CCc1ccc(CNCc2cccc(Br)n2)s1. The highest BCUT2D eigenvalue weighted by Crippen LogP contribution is 2.16. The van der Waals surface area contributed by atoms with Crippen LogP contribution in [0.1, 0.15) is 22.4 Å². The molecule has 0 bridgehead atoms. The fourth-order valence-electron chi connectivity index (χ4n) is 1.57. The number of pyridine rings is 1. The molecule has 0 unspecified atom stereocenters. The average Bonchev–Trinajstić information content (AvgIpc) is 2.77. The molecule has 0 aromatic carbocycles. The first-order chi connectivity index (χ1) is 8.28. The maximum absolute atomic E-state index is 4.38. The Hall–Kier alpha value is -0.710. The zero-order chi connectivity index (χ0) is 12.1. The van der Waals surface area contributed by atoms with Gasteiger partial charge in [0.05, 0.1) is 5.69 Å². The summed E-state index contributed by atoms with van der Waals surface area (Å²) in [5.41, 5.74) is 1.06. The molecule has 17 heavy (non-hydrogen) atoms. The van der Waals surface area contributed by atoms with Crippen LogP contribution < -0.4 is 5.32 Å². The maximum Gasteiger partial charge on any atom is 0.106 e. The lowest BCUT2D eigenvalue weighted by atomic mass is 10.3. The minimum Gasteiger partial charge on any atom is -0.306 e. The monoisotopic (exact) mass is 310 g/mol. The van der Waals surface area contributed by atoms with Crippen molar-refractivity contribution in [3.63, 3.8) is 0 Å². The van der Waals surface area contributed by atoms with Crippen molar-refractivity contribution in [3.8, 4) is 0 Å². The van der Waals surface area contributed by atoms with Crippen LogP contribution in [0.5, 0.6) is 0 Å². The largest absolute Gasteiger partial charge is 0.306 e. The summed E-state index contributed by atoms with van der Waals surface area (Å²) in [5, 5.41) is 3.41. The van der Waals surface area contributed by atoms with Gasteiger partial charge in [-0.1, -0.05) is 13.0 Å². The molecule has 0 fully saturated rings. The highest BCUT2D eigenvalue weighted by molar-refractivity contribution is 9.10. The van der Waals surface area contributed by atoms with Crippen molar-refractivity contribution < 1.29 is 0 Å². The molecule has 2 heterocycles. The second-order valence-corrected chi connectivity index (χ2v) is 5.84. The molecule has 1 N–H and O–H groups in total. The number of hydrogen-bond acceptors (Lipinski definition) is 3. The van der Waals surface area contributed by atoms with Gasteiger partial charge in [-0.2, -0.15) is 0 Å². The Kier molecular flexibility index (Phi) is 4.71. The van der Waals surface area contributed by atoms with Gasteiger partial charge in [0, 0.05) is 22.8 Å². The zero-order valence-corrected chi connectivity index (χ0v) is 12.1. The van der Waals surface area contributed by atoms with E-state index in [1.807, 2.05) is 29.5 Å². The Labute approximate surface area is 114 Å². The number of hydrogen-bond donors (Lipinski definition) is 1. The number of nitrogens with one attached hydrogen (secondary N) is 1. The van der Waals surface area contributed by atoms with Crippen molar-refractivity contribution in [1.29, 1.82) is 0 Å². The van der Waals surface area contributed by atoms with Gasteiger partial charge < -0.3 is 5.32 Å². The molecule has 2 nitrogen and oxygen atoms in total. The average molecular weight is 311 g/mol. The molecular formula is C13H15BrN2S. The highest BCUT2D eigenvalue weighted by Gasteiger charge is 1.99. The van der Waals surface area contributed by atoms with Crippen LogP contribution in [0.15, 0.2) is 34.9 Å². The van der Waals surface area contributed by atoms with Crippen LogP contribution in [0.2, 0.25) is 0 Å². The number of halogens is 1. The van der Waals surface area contributed by atoms with Crippen LogP contribution in [0.3, 0.4) is 0 Å². The van der Waals surface area contributed by atoms with E-state index in [1.165, 1.54) is 9.75 Å². The second-order valence-electron chi connectivity index (χ2n) is 3.78. The van der Waals surface area contributed by atoms with E-state index in [0.717, 1.165) is 29.8 Å². The lowest BCUT2D eigenvalue weighted by Crippen LogP contribution is -2.12. The van der Waals surface area contributed by atoms with E-state index in [0.29, 0.717) is 0 Å². The van der Waals surface area contributed by atoms with Crippen LogP contribution in [0.4, 0.5) is 0 Å². The van der Waals surface area contributed by atoms with Crippen molar-refractivity contribution in [2.75, 3.05) is 0 Å². The van der Waals surface area contributed by atoms with Crippen LogP contribution in [-0.4, -0.2) is 4.98 Å². The number of rotatable bonds is 5. The molecule has 2 rings (SSSR count). The van der Waals surface area contributed by atoms with Gasteiger partial charge >= 0.3 is 0 Å². The molecule has 4 heteroatoms. The third kappa shape index (κ3) is 3.91. The molecule has 0 aliphatic rings. The summed E-state index contributed by atoms with van der Waals surface area (Å²) >= 11 is 5.25. The smallest absolute Gasteiger partial charge is 0.106 e. The zero-order valence-electron chi connectivity index (χ0n) is 9.74. The van der Waals surface area contributed by atoms with E-state index in [2.05, 4.69) is 45.3 Å². The van der Waals surface area contributed by atoms with Crippen molar-refractivity contribution >= 4 is 27.3 Å². The van der Waals surface area contributed by atoms with Crippen molar-refractivity contribution in [3.05, 3.63) is 50.4 Å². The van der Waals surface area contributed by atoms with E-state index in [9.17, 15) is 0 Å². The molecule has 0 amide bonds. The van der Waals surface area contributed by atoms with Gasteiger partial charge in [-0.15, -0.1) is 11.3 Å². The lowest BCUT2D eigenvalue weighted by molar-refractivity contribution is 0.685. The van der Waals surface area contributed by atoms with Crippen LogP contribution in [0, 0.1) is 0 Å². The van der Waals surface area contributed by atoms with Crippen LogP contribution >= 0.6 is 27.3 Å². The maximum atomic E-state index is 4.38. The highest BCUT2D eigenvalue weighted by atomic mass is 79.9. The summed E-state index contributed by atoms with van der Waals surface area (Å²) in [6.45, 7) is 3.91. The van der Waals surface area contributed by atoms with E-state index >= 15 is 0 Å². The number of thiophene rings is 1. The Morgan fingerprint density at radius 2 is 2.00 bits per heavy atom. The summed E-state index contributed by atoms with van der Waals surface area (Å²) in [6.07, 6.45) is 1.12. The van der Waals surface area contributed by atoms with Crippen molar-refractivity contribution in [2.24, 2.45) is 0 Å². The van der Waals surface area contributed by atoms with Gasteiger partial charge in [0.1, 0.15) is 4.60 Å². The predicted octanol–water partition coefficient (Wildman–Crippen LogP) is 3.76. The normalized spacial score (nSPS) is 10.7. The molecule has 0 saturated carbocycles. The van der Waals surface area contributed by atoms with Gasteiger partial charge in [-0.3, -0.25) is 0 Å². The molecule has 90 valence electrons. The van der Waals surface area contributed by atoms with Crippen LogP contribution in [-0.2, 0) is 19.5 Å². The quantitative estimate of drug-likeness (QED) is 0.851. The predicted molar refractivity (Wildman–Crippen MR) is 76.2 cm³/mol. The summed E-state index contributed by atoms with van der Waals surface area (Å²) < 4.78 is 0.890. The molecule has 0 radical (unpaired) electrons. The standard InChI is InChI=1S/C13H15BrN2S/c1-2-11-6-7-12(17-11)9-15-8-10-4-3-5-13(14)16-10/h3-7,15H,2,8-9H2,1H3. The van der Waals surface area contributed by atoms with Crippen molar-refractivity contribution in [2.45, 2.75) is 26.4 Å². The fraction of sp³-hybridized carbons (Fsp3) is 0.308. The van der Waals surface area contributed by atoms with E-state index in [4.69, 9.17) is 0 Å². The molecule has 0 aliphatic heterocycles. The molecule has 0 atom stereocenters. The third-order valence-electron chi connectivity index (χ3n) is 2.44. The summed E-state index contributed by atoms with van der Waals surface area (Å²) in [4.78, 5) is 7.22. The van der Waals surface area contributed by atoms with E-state index < -0.39 is 0 Å². The second kappa shape index (κ2) is 6.28. The minimum atomic E-state index is 0.804. The Bertz CT molecular complexity index is 482.